The van der Waals surface area contributed by atoms with E-state index in [0.717, 1.165) is 24.2 Å². The van der Waals surface area contributed by atoms with Crippen LogP contribution in [0.2, 0.25) is 0 Å². The van der Waals surface area contributed by atoms with E-state index in [4.69, 9.17) is 15.0 Å². The Hall–Kier alpha value is -1.88. The Morgan fingerprint density at radius 3 is 2.80 bits per heavy atom. The zero-order chi connectivity index (χ0) is 14.2. The molecule has 0 radical (unpaired) electrons. The normalized spacial score (nSPS) is 17.9. The molecule has 1 atom stereocenters. The first-order valence-corrected chi connectivity index (χ1v) is 7.02. The molecule has 0 spiro atoms. The molecule has 2 N–H and O–H groups in total. The number of para-hydroxylation sites is 1. The molecule has 0 amide bonds. The van der Waals surface area contributed by atoms with Gasteiger partial charge in [-0.25, -0.2) is 0 Å². The Bertz CT molecular complexity index is 605. The molecular weight excluding hydrogens is 254 g/mol. The fourth-order valence-corrected chi connectivity index (χ4v) is 2.51. The van der Waals surface area contributed by atoms with Crippen molar-refractivity contribution >= 4 is 0 Å². The van der Waals surface area contributed by atoms with E-state index in [-0.39, 0.29) is 5.92 Å². The third kappa shape index (κ3) is 1.98. The molecule has 5 nitrogen and oxygen atoms in total. The van der Waals surface area contributed by atoms with Crippen molar-refractivity contribution in [3.05, 3.63) is 41.5 Å². The van der Waals surface area contributed by atoms with Gasteiger partial charge in [-0.1, -0.05) is 37.2 Å². The molecule has 0 saturated heterocycles. The fourth-order valence-electron chi connectivity index (χ4n) is 2.51. The highest BCUT2D eigenvalue weighted by Gasteiger charge is 2.34. The standard InChI is InChI=1S/C15H19N3O2/c1-3-15(16,4-2)14-17-13(18-20-14)11-9-19-12-8-6-5-7-10(11)12/h5-8,11H,3-4,9,16H2,1-2H3. The number of hydrogen-bond acceptors (Lipinski definition) is 5. The van der Waals surface area contributed by atoms with Crippen molar-refractivity contribution in [1.82, 2.24) is 10.1 Å². The molecule has 1 unspecified atom stereocenters. The minimum atomic E-state index is -0.537. The van der Waals surface area contributed by atoms with Gasteiger partial charge in [0.2, 0.25) is 5.89 Å². The van der Waals surface area contributed by atoms with E-state index in [1.54, 1.807) is 0 Å². The van der Waals surface area contributed by atoms with Gasteiger partial charge in [-0.3, -0.25) is 0 Å². The molecule has 1 aliphatic rings. The lowest BCUT2D eigenvalue weighted by molar-refractivity contribution is 0.265. The van der Waals surface area contributed by atoms with Gasteiger partial charge in [-0.05, 0) is 18.9 Å². The molecule has 5 heteroatoms. The van der Waals surface area contributed by atoms with Gasteiger partial charge in [0.15, 0.2) is 5.82 Å². The molecule has 1 aromatic carbocycles. The SMILES string of the molecule is CCC(N)(CC)c1nc(C2COc3ccccc32)no1. The van der Waals surface area contributed by atoms with Crippen LogP contribution in [-0.2, 0) is 5.54 Å². The minimum Gasteiger partial charge on any atom is -0.492 e. The second-order valence-corrected chi connectivity index (χ2v) is 5.22. The monoisotopic (exact) mass is 273 g/mol. The molecule has 1 aromatic heterocycles. The van der Waals surface area contributed by atoms with E-state index in [9.17, 15) is 0 Å². The van der Waals surface area contributed by atoms with E-state index in [1.165, 1.54) is 0 Å². The van der Waals surface area contributed by atoms with Gasteiger partial charge in [0.25, 0.3) is 0 Å². The second kappa shape index (κ2) is 4.90. The zero-order valence-electron chi connectivity index (χ0n) is 11.8. The number of benzene rings is 1. The van der Waals surface area contributed by atoms with Crippen LogP contribution in [-0.4, -0.2) is 16.7 Å². The largest absolute Gasteiger partial charge is 0.492 e. The fraction of sp³-hybridized carbons (Fsp3) is 0.467. The molecule has 0 fully saturated rings. The predicted octanol–water partition coefficient (Wildman–Crippen LogP) is 2.57. The van der Waals surface area contributed by atoms with Crippen LogP contribution in [0.4, 0.5) is 0 Å². The van der Waals surface area contributed by atoms with Crippen LogP contribution in [0.1, 0.15) is 49.9 Å². The van der Waals surface area contributed by atoms with Crippen LogP contribution >= 0.6 is 0 Å². The van der Waals surface area contributed by atoms with E-state index in [2.05, 4.69) is 10.1 Å². The maximum Gasteiger partial charge on any atom is 0.246 e. The van der Waals surface area contributed by atoms with E-state index < -0.39 is 5.54 Å². The van der Waals surface area contributed by atoms with Gasteiger partial charge in [-0.2, -0.15) is 4.98 Å². The molecule has 2 aromatic rings. The van der Waals surface area contributed by atoms with Crippen LogP contribution in [0.15, 0.2) is 28.8 Å². The molecule has 106 valence electrons. The van der Waals surface area contributed by atoms with E-state index in [1.807, 2.05) is 38.1 Å². The third-order valence-electron chi connectivity index (χ3n) is 4.14. The van der Waals surface area contributed by atoms with Crippen LogP contribution in [0.3, 0.4) is 0 Å². The number of ether oxygens (including phenoxy) is 1. The predicted molar refractivity (Wildman–Crippen MR) is 74.5 cm³/mol. The highest BCUT2D eigenvalue weighted by atomic mass is 16.5. The summed E-state index contributed by atoms with van der Waals surface area (Å²) in [6.45, 7) is 4.61. The average Bonchev–Trinajstić information content (AvgIpc) is 3.12. The summed E-state index contributed by atoms with van der Waals surface area (Å²) >= 11 is 0. The van der Waals surface area contributed by atoms with Gasteiger partial charge < -0.3 is 15.0 Å². The Labute approximate surface area is 118 Å². The maximum atomic E-state index is 6.30. The zero-order valence-corrected chi connectivity index (χ0v) is 11.8. The Morgan fingerprint density at radius 2 is 2.05 bits per heavy atom. The summed E-state index contributed by atoms with van der Waals surface area (Å²) in [5, 5.41) is 4.11. The van der Waals surface area contributed by atoms with Gasteiger partial charge in [0, 0.05) is 5.56 Å². The van der Waals surface area contributed by atoms with Crippen LogP contribution in [0, 0.1) is 0 Å². The van der Waals surface area contributed by atoms with E-state index >= 15 is 0 Å². The van der Waals surface area contributed by atoms with Gasteiger partial charge in [0.05, 0.1) is 11.5 Å². The molecule has 3 rings (SSSR count). The molecule has 0 saturated carbocycles. The number of nitrogens with zero attached hydrogens (tertiary/aromatic N) is 2. The number of fused-ring (bicyclic) bond motifs is 1. The van der Waals surface area contributed by atoms with Crippen molar-refractivity contribution < 1.29 is 9.26 Å². The minimum absolute atomic E-state index is 0.0293. The summed E-state index contributed by atoms with van der Waals surface area (Å²) in [6.07, 6.45) is 1.53. The van der Waals surface area contributed by atoms with Crippen molar-refractivity contribution in [2.75, 3.05) is 6.61 Å². The summed E-state index contributed by atoms with van der Waals surface area (Å²) in [5.41, 5.74) is 6.87. The summed E-state index contributed by atoms with van der Waals surface area (Å²) in [5.74, 6) is 2.10. The lowest BCUT2D eigenvalue weighted by atomic mass is 9.94. The quantitative estimate of drug-likeness (QED) is 0.926. The first-order chi connectivity index (χ1) is 9.68. The van der Waals surface area contributed by atoms with Gasteiger partial charge in [-0.15, -0.1) is 0 Å². The number of nitrogens with two attached hydrogens (primary N) is 1. The summed E-state index contributed by atoms with van der Waals surface area (Å²) in [6, 6.07) is 7.95. The lowest BCUT2D eigenvalue weighted by Crippen LogP contribution is -2.35. The number of hydrogen-bond donors (Lipinski definition) is 1. The Morgan fingerprint density at radius 1 is 1.30 bits per heavy atom. The van der Waals surface area contributed by atoms with Gasteiger partial charge in [0.1, 0.15) is 12.4 Å². The second-order valence-electron chi connectivity index (χ2n) is 5.22. The summed E-state index contributed by atoms with van der Waals surface area (Å²) < 4.78 is 11.1. The smallest absolute Gasteiger partial charge is 0.246 e. The molecule has 20 heavy (non-hydrogen) atoms. The number of aromatic nitrogens is 2. The van der Waals surface area contributed by atoms with Crippen LogP contribution < -0.4 is 10.5 Å². The summed E-state index contributed by atoms with van der Waals surface area (Å²) in [4.78, 5) is 4.52. The molecule has 0 bridgehead atoms. The molecule has 0 aliphatic carbocycles. The summed E-state index contributed by atoms with van der Waals surface area (Å²) in [7, 11) is 0. The average molecular weight is 273 g/mol. The van der Waals surface area contributed by atoms with Crippen molar-refractivity contribution in [2.45, 2.75) is 38.1 Å². The topological polar surface area (TPSA) is 74.2 Å². The highest BCUT2D eigenvalue weighted by Crippen LogP contribution is 2.37. The Balaban J connectivity index is 1.92. The first-order valence-electron chi connectivity index (χ1n) is 7.02. The number of rotatable bonds is 4. The van der Waals surface area contributed by atoms with Crippen molar-refractivity contribution in [2.24, 2.45) is 5.73 Å². The van der Waals surface area contributed by atoms with Crippen LogP contribution in [0.5, 0.6) is 5.75 Å². The molecular formula is C15H19N3O2. The van der Waals surface area contributed by atoms with Crippen molar-refractivity contribution in [1.29, 1.82) is 0 Å². The molecule has 2 heterocycles. The molecule has 1 aliphatic heterocycles. The first kappa shape index (κ1) is 13.1. The highest BCUT2D eigenvalue weighted by molar-refractivity contribution is 5.42. The van der Waals surface area contributed by atoms with Crippen LogP contribution in [0.25, 0.3) is 0 Å². The Kier molecular flexibility index (Phi) is 3.22. The van der Waals surface area contributed by atoms with Gasteiger partial charge >= 0.3 is 0 Å². The third-order valence-corrected chi connectivity index (χ3v) is 4.14. The van der Waals surface area contributed by atoms with Crippen molar-refractivity contribution in [3.63, 3.8) is 0 Å². The van der Waals surface area contributed by atoms with E-state index in [0.29, 0.717) is 18.3 Å². The lowest BCUT2D eigenvalue weighted by Gasteiger charge is -2.20. The maximum absolute atomic E-state index is 6.30. The van der Waals surface area contributed by atoms with Crippen molar-refractivity contribution in [3.8, 4) is 5.75 Å².